The summed E-state index contributed by atoms with van der Waals surface area (Å²) in [7, 11) is 0. The number of carbonyl (C=O) groups excluding carboxylic acids is 1. The lowest BCUT2D eigenvalue weighted by molar-refractivity contribution is 0.239. The van der Waals surface area contributed by atoms with Crippen LogP contribution >= 0.6 is 0 Å². The number of allylic oxidation sites excluding steroid dienone is 1. The van der Waals surface area contributed by atoms with Gasteiger partial charge in [-0.2, -0.15) is 0 Å². The molecule has 10 heavy (non-hydrogen) atoms. The molecule has 1 aliphatic heterocycles. The summed E-state index contributed by atoms with van der Waals surface area (Å²) in [5.41, 5.74) is 2.16. The van der Waals surface area contributed by atoms with Gasteiger partial charge in [0.05, 0.1) is 6.04 Å². The lowest BCUT2D eigenvalue weighted by Crippen LogP contribution is -2.45. The number of rotatable bonds is 0. The molecule has 1 rings (SSSR count). The highest BCUT2D eigenvalue weighted by Gasteiger charge is 2.16. The Balaban J connectivity index is 2.84. The van der Waals surface area contributed by atoms with Crippen LogP contribution in [-0.4, -0.2) is 12.1 Å². The van der Waals surface area contributed by atoms with Gasteiger partial charge in [0.1, 0.15) is 0 Å². The second-order valence-corrected chi connectivity index (χ2v) is 2.63. The molecule has 0 saturated carbocycles. The second kappa shape index (κ2) is 2.33. The van der Waals surface area contributed by atoms with Crippen molar-refractivity contribution in [3.05, 3.63) is 11.3 Å². The van der Waals surface area contributed by atoms with Gasteiger partial charge >= 0.3 is 6.03 Å². The molecule has 0 spiro atoms. The molecule has 0 fully saturated rings. The van der Waals surface area contributed by atoms with Gasteiger partial charge in [-0.25, -0.2) is 4.79 Å². The van der Waals surface area contributed by atoms with Crippen molar-refractivity contribution in [2.24, 2.45) is 0 Å². The van der Waals surface area contributed by atoms with Gasteiger partial charge in [-0.15, -0.1) is 0 Å². The lowest BCUT2D eigenvalue weighted by Gasteiger charge is -2.23. The van der Waals surface area contributed by atoms with Gasteiger partial charge in [-0.1, -0.05) is 0 Å². The van der Waals surface area contributed by atoms with E-state index in [9.17, 15) is 4.79 Å². The van der Waals surface area contributed by atoms with Crippen LogP contribution in [0.5, 0.6) is 0 Å². The Hall–Kier alpha value is -0.990. The molecule has 3 heteroatoms. The van der Waals surface area contributed by atoms with E-state index in [-0.39, 0.29) is 12.1 Å². The Kier molecular flexibility index (Phi) is 1.66. The quantitative estimate of drug-likeness (QED) is 0.517. The Morgan fingerprint density at radius 3 is 2.50 bits per heavy atom. The third-order valence-corrected chi connectivity index (χ3v) is 1.89. The Morgan fingerprint density at radius 1 is 1.40 bits per heavy atom. The van der Waals surface area contributed by atoms with Gasteiger partial charge in [0.15, 0.2) is 0 Å². The van der Waals surface area contributed by atoms with E-state index in [4.69, 9.17) is 0 Å². The maximum atomic E-state index is 10.8. The Bertz CT molecular complexity index is 196. The van der Waals surface area contributed by atoms with Crippen LogP contribution in [0.4, 0.5) is 4.79 Å². The highest BCUT2D eigenvalue weighted by molar-refractivity contribution is 5.78. The van der Waals surface area contributed by atoms with Crippen LogP contribution in [0.3, 0.4) is 0 Å². The minimum Gasteiger partial charge on any atom is -0.332 e. The molecular formula is C7H12N2O. The molecule has 1 heterocycles. The molecular weight excluding hydrogens is 128 g/mol. The summed E-state index contributed by atoms with van der Waals surface area (Å²) < 4.78 is 0. The average molecular weight is 140 g/mol. The van der Waals surface area contributed by atoms with E-state index in [0.29, 0.717) is 0 Å². The Labute approximate surface area is 60.5 Å². The first-order valence-electron chi connectivity index (χ1n) is 3.36. The lowest BCUT2D eigenvalue weighted by atomic mass is 10.1. The second-order valence-electron chi connectivity index (χ2n) is 2.63. The molecule has 1 aliphatic rings. The highest BCUT2D eigenvalue weighted by atomic mass is 16.2. The predicted molar refractivity (Wildman–Crippen MR) is 39.5 cm³/mol. The van der Waals surface area contributed by atoms with Crippen molar-refractivity contribution in [3.8, 4) is 0 Å². The van der Waals surface area contributed by atoms with Crippen molar-refractivity contribution in [3.63, 3.8) is 0 Å². The highest BCUT2D eigenvalue weighted by Crippen LogP contribution is 2.08. The number of amides is 2. The zero-order chi connectivity index (χ0) is 7.72. The number of nitrogens with one attached hydrogen (secondary N) is 2. The van der Waals surface area contributed by atoms with E-state index in [0.717, 1.165) is 5.70 Å². The third kappa shape index (κ3) is 1.12. The maximum absolute atomic E-state index is 10.8. The van der Waals surface area contributed by atoms with Gasteiger partial charge in [-0.05, 0) is 26.3 Å². The number of carbonyl (C=O) groups is 1. The van der Waals surface area contributed by atoms with Gasteiger partial charge in [-0.3, -0.25) is 0 Å². The minimum absolute atomic E-state index is 0.101. The van der Waals surface area contributed by atoms with Gasteiger partial charge in [0.2, 0.25) is 0 Å². The first-order chi connectivity index (χ1) is 4.61. The van der Waals surface area contributed by atoms with Crippen molar-refractivity contribution >= 4 is 6.03 Å². The monoisotopic (exact) mass is 140 g/mol. The largest absolute Gasteiger partial charge is 0.332 e. The standard InChI is InChI=1S/C7H12N2O/c1-4-5(2)8-7(10)9-6(4)3/h5H,1-3H3,(H2,8,9,10). The summed E-state index contributed by atoms with van der Waals surface area (Å²) in [5, 5.41) is 5.44. The number of hydrogen-bond acceptors (Lipinski definition) is 1. The molecule has 0 saturated heterocycles. The zero-order valence-corrected chi connectivity index (χ0v) is 6.49. The summed E-state index contributed by atoms with van der Waals surface area (Å²) in [6, 6.07) is 0.0735. The van der Waals surface area contributed by atoms with Gasteiger partial charge in [0.25, 0.3) is 0 Å². The summed E-state index contributed by atoms with van der Waals surface area (Å²) in [6.07, 6.45) is 0. The molecule has 1 unspecified atom stereocenters. The fraction of sp³-hybridized carbons (Fsp3) is 0.571. The van der Waals surface area contributed by atoms with Crippen molar-refractivity contribution in [1.29, 1.82) is 0 Å². The van der Waals surface area contributed by atoms with Crippen LogP contribution in [0.15, 0.2) is 11.3 Å². The summed E-state index contributed by atoms with van der Waals surface area (Å²) in [4.78, 5) is 10.8. The molecule has 0 aromatic heterocycles. The van der Waals surface area contributed by atoms with Crippen LogP contribution < -0.4 is 10.6 Å². The number of hydrogen-bond donors (Lipinski definition) is 2. The maximum Gasteiger partial charge on any atom is 0.319 e. The molecule has 56 valence electrons. The molecule has 0 aliphatic carbocycles. The summed E-state index contributed by atoms with van der Waals surface area (Å²) in [5.74, 6) is 0. The molecule has 0 aromatic rings. The smallest absolute Gasteiger partial charge is 0.319 e. The minimum atomic E-state index is -0.101. The van der Waals surface area contributed by atoms with Crippen molar-refractivity contribution in [2.75, 3.05) is 0 Å². The molecule has 3 nitrogen and oxygen atoms in total. The van der Waals surface area contributed by atoms with E-state index in [1.165, 1.54) is 5.57 Å². The zero-order valence-electron chi connectivity index (χ0n) is 6.49. The molecule has 2 N–H and O–H groups in total. The van der Waals surface area contributed by atoms with Crippen molar-refractivity contribution in [2.45, 2.75) is 26.8 Å². The van der Waals surface area contributed by atoms with E-state index >= 15 is 0 Å². The predicted octanol–water partition coefficient (Wildman–Crippen LogP) is 0.982. The summed E-state index contributed by atoms with van der Waals surface area (Å²) >= 11 is 0. The molecule has 0 radical (unpaired) electrons. The van der Waals surface area contributed by atoms with Crippen molar-refractivity contribution < 1.29 is 4.79 Å². The third-order valence-electron chi connectivity index (χ3n) is 1.89. The SMILES string of the molecule is CC1=C(C)C(C)NC(=O)N1. The van der Waals surface area contributed by atoms with Crippen molar-refractivity contribution in [1.82, 2.24) is 10.6 Å². The number of urea groups is 1. The molecule has 1 atom stereocenters. The van der Waals surface area contributed by atoms with Crippen LogP contribution in [0.1, 0.15) is 20.8 Å². The fourth-order valence-corrected chi connectivity index (χ4v) is 0.935. The van der Waals surface area contributed by atoms with Crippen LogP contribution in [0.2, 0.25) is 0 Å². The van der Waals surface area contributed by atoms with E-state index in [1.54, 1.807) is 0 Å². The van der Waals surface area contributed by atoms with Gasteiger partial charge < -0.3 is 10.6 Å². The molecule has 0 bridgehead atoms. The van der Waals surface area contributed by atoms with E-state index in [1.807, 2.05) is 20.8 Å². The van der Waals surface area contributed by atoms with Crippen LogP contribution in [0, 0.1) is 0 Å². The van der Waals surface area contributed by atoms with Crippen LogP contribution in [0.25, 0.3) is 0 Å². The first kappa shape index (κ1) is 7.12. The topological polar surface area (TPSA) is 41.1 Å². The summed E-state index contributed by atoms with van der Waals surface area (Å²) in [6.45, 7) is 5.88. The Morgan fingerprint density at radius 2 is 2.00 bits per heavy atom. The fourth-order valence-electron chi connectivity index (χ4n) is 0.935. The van der Waals surface area contributed by atoms with Crippen LogP contribution in [-0.2, 0) is 0 Å². The van der Waals surface area contributed by atoms with Gasteiger partial charge in [0, 0.05) is 5.70 Å². The average Bonchev–Trinajstić information content (AvgIpc) is 1.82. The van der Waals surface area contributed by atoms with E-state index in [2.05, 4.69) is 10.6 Å². The first-order valence-corrected chi connectivity index (χ1v) is 3.36. The molecule has 2 amide bonds. The normalized spacial score (nSPS) is 25.9. The van der Waals surface area contributed by atoms with E-state index < -0.39 is 0 Å². The molecule has 0 aromatic carbocycles.